The van der Waals surface area contributed by atoms with Crippen molar-refractivity contribution < 1.29 is 14.1 Å². The third kappa shape index (κ3) is 5.92. The standard InChI is InChI=1S/C24H28N4O3/c1-18-9-10-21(15-26-18)30-17-22-14-23(27-31-22)24(29)25-11-13-28-12-5-8-20(16-28)19-6-3-2-4-7-19/h2-4,6-7,9-10,14-15,20H,5,8,11-13,16-17H2,1H3,(H,25,29). The van der Waals surface area contributed by atoms with Gasteiger partial charge in [0.2, 0.25) is 0 Å². The van der Waals surface area contributed by atoms with E-state index in [0.717, 1.165) is 25.3 Å². The summed E-state index contributed by atoms with van der Waals surface area (Å²) < 4.78 is 10.8. The SMILES string of the molecule is Cc1ccc(OCc2cc(C(=O)NCCN3CCCC(c4ccccc4)C3)no2)cn1. The Kier molecular flexibility index (Phi) is 6.94. The Morgan fingerprint density at radius 1 is 1.26 bits per heavy atom. The predicted octanol–water partition coefficient (Wildman–Crippen LogP) is 3.57. The predicted molar refractivity (Wildman–Crippen MR) is 117 cm³/mol. The lowest BCUT2D eigenvalue weighted by atomic mass is 9.91. The fourth-order valence-electron chi connectivity index (χ4n) is 3.86. The van der Waals surface area contributed by atoms with Crippen molar-refractivity contribution >= 4 is 5.91 Å². The van der Waals surface area contributed by atoms with Crippen LogP contribution >= 0.6 is 0 Å². The molecule has 4 rings (SSSR count). The van der Waals surface area contributed by atoms with Gasteiger partial charge in [0.1, 0.15) is 12.4 Å². The molecule has 1 aliphatic heterocycles. The molecule has 1 atom stereocenters. The van der Waals surface area contributed by atoms with E-state index in [1.807, 2.05) is 19.1 Å². The van der Waals surface area contributed by atoms with Crippen LogP contribution in [-0.2, 0) is 6.61 Å². The fourth-order valence-corrected chi connectivity index (χ4v) is 3.86. The van der Waals surface area contributed by atoms with Gasteiger partial charge in [0, 0.05) is 31.4 Å². The Balaban J connectivity index is 1.21. The van der Waals surface area contributed by atoms with E-state index in [1.54, 1.807) is 12.3 Å². The Morgan fingerprint density at radius 3 is 2.94 bits per heavy atom. The van der Waals surface area contributed by atoms with Gasteiger partial charge in [-0.05, 0) is 49.9 Å². The number of pyridine rings is 1. The van der Waals surface area contributed by atoms with Gasteiger partial charge < -0.3 is 19.5 Å². The fraction of sp³-hybridized carbons (Fsp3) is 0.375. The van der Waals surface area contributed by atoms with Crippen LogP contribution < -0.4 is 10.1 Å². The summed E-state index contributed by atoms with van der Waals surface area (Å²) in [6.07, 6.45) is 4.05. The van der Waals surface area contributed by atoms with Gasteiger partial charge in [0.25, 0.3) is 5.91 Å². The number of carbonyl (C=O) groups is 1. The molecule has 7 heteroatoms. The maximum absolute atomic E-state index is 12.4. The zero-order valence-corrected chi connectivity index (χ0v) is 17.8. The first-order valence-corrected chi connectivity index (χ1v) is 10.7. The van der Waals surface area contributed by atoms with Gasteiger partial charge in [-0.15, -0.1) is 0 Å². The van der Waals surface area contributed by atoms with E-state index in [2.05, 4.69) is 50.7 Å². The number of benzene rings is 1. The van der Waals surface area contributed by atoms with Crippen LogP contribution in [0.1, 0.15) is 46.3 Å². The van der Waals surface area contributed by atoms with Gasteiger partial charge in [-0.2, -0.15) is 0 Å². The highest BCUT2D eigenvalue weighted by Crippen LogP contribution is 2.26. The zero-order chi connectivity index (χ0) is 21.5. The van der Waals surface area contributed by atoms with Gasteiger partial charge in [-0.25, -0.2) is 0 Å². The average molecular weight is 421 g/mol. The summed E-state index contributed by atoms with van der Waals surface area (Å²) in [5, 5.41) is 6.80. The number of aryl methyl sites for hydroxylation is 1. The van der Waals surface area contributed by atoms with Crippen molar-refractivity contribution in [2.24, 2.45) is 0 Å². The molecule has 0 aliphatic carbocycles. The Morgan fingerprint density at radius 2 is 2.13 bits per heavy atom. The summed E-state index contributed by atoms with van der Waals surface area (Å²) in [6.45, 7) is 5.60. The van der Waals surface area contributed by atoms with Gasteiger partial charge in [0.15, 0.2) is 11.5 Å². The average Bonchev–Trinajstić information content (AvgIpc) is 3.29. The van der Waals surface area contributed by atoms with E-state index in [1.165, 1.54) is 18.4 Å². The zero-order valence-electron chi connectivity index (χ0n) is 17.8. The first kappa shape index (κ1) is 21.1. The lowest BCUT2D eigenvalue weighted by molar-refractivity contribution is 0.0936. The van der Waals surface area contributed by atoms with Crippen molar-refractivity contribution in [3.63, 3.8) is 0 Å². The van der Waals surface area contributed by atoms with E-state index < -0.39 is 0 Å². The van der Waals surface area contributed by atoms with Gasteiger partial charge in [-0.1, -0.05) is 35.5 Å². The third-order valence-electron chi connectivity index (χ3n) is 5.55. The van der Waals surface area contributed by atoms with E-state index in [4.69, 9.17) is 9.26 Å². The number of rotatable bonds is 8. The molecular formula is C24H28N4O3. The maximum atomic E-state index is 12.4. The summed E-state index contributed by atoms with van der Waals surface area (Å²) in [4.78, 5) is 19.0. The second-order valence-electron chi connectivity index (χ2n) is 7.91. The molecule has 1 N–H and O–H groups in total. The number of piperidine rings is 1. The molecule has 1 saturated heterocycles. The van der Waals surface area contributed by atoms with Crippen LogP contribution in [0.4, 0.5) is 0 Å². The molecule has 1 aliphatic rings. The quantitative estimate of drug-likeness (QED) is 0.600. The molecule has 1 aromatic carbocycles. The van der Waals surface area contributed by atoms with E-state index in [-0.39, 0.29) is 18.2 Å². The first-order chi connectivity index (χ1) is 15.2. The number of ether oxygens (including phenoxy) is 1. The smallest absolute Gasteiger partial charge is 0.273 e. The number of nitrogens with zero attached hydrogens (tertiary/aromatic N) is 3. The molecule has 0 spiro atoms. The highest BCUT2D eigenvalue weighted by Gasteiger charge is 2.21. The summed E-state index contributed by atoms with van der Waals surface area (Å²) in [7, 11) is 0. The molecule has 1 fully saturated rings. The van der Waals surface area contributed by atoms with E-state index >= 15 is 0 Å². The number of amides is 1. The monoisotopic (exact) mass is 420 g/mol. The molecule has 2 aromatic heterocycles. The van der Waals surface area contributed by atoms with Crippen LogP contribution in [0.2, 0.25) is 0 Å². The van der Waals surface area contributed by atoms with Crippen molar-refractivity contribution in [3.05, 3.63) is 77.4 Å². The Labute approximate surface area is 182 Å². The number of hydrogen-bond donors (Lipinski definition) is 1. The molecule has 0 bridgehead atoms. The molecule has 3 aromatic rings. The van der Waals surface area contributed by atoms with Crippen molar-refractivity contribution in [1.82, 2.24) is 20.4 Å². The first-order valence-electron chi connectivity index (χ1n) is 10.7. The van der Waals surface area contributed by atoms with Crippen molar-refractivity contribution in [1.29, 1.82) is 0 Å². The molecule has 31 heavy (non-hydrogen) atoms. The lowest BCUT2D eigenvalue weighted by Crippen LogP contribution is -2.40. The molecule has 0 radical (unpaired) electrons. The number of likely N-dealkylation sites (tertiary alicyclic amines) is 1. The summed E-state index contributed by atoms with van der Waals surface area (Å²) >= 11 is 0. The van der Waals surface area contributed by atoms with Crippen LogP contribution in [0.15, 0.2) is 59.3 Å². The Bertz CT molecular complexity index is 972. The van der Waals surface area contributed by atoms with E-state index in [0.29, 0.717) is 24.0 Å². The minimum Gasteiger partial charge on any atom is -0.484 e. The maximum Gasteiger partial charge on any atom is 0.273 e. The van der Waals surface area contributed by atoms with Crippen LogP contribution in [0, 0.1) is 6.92 Å². The summed E-state index contributed by atoms with van der Waals surface area (Å²) in [5.74, 6) is 1.46. The second kappa shape index (κ2) is 10.2. The van der Waals surface area contributed by atoms with Crippen molar-refractivity contribution in [3.8, 4) is 5.75 Å². The summed E-state index contributed by atoms with van der Waals surface area (Å²) in [5.41, 5.74) is 2.59. The number of nitrogens with one attached hydrogen (secondary N) is 1. The summed E-state index contributed by atoms with van der Waals surface area (Å²) in [6, 6.07) is 16.0. The number of hydrogen-bond acceptors (Lipinski definition) is 6. The third-order valence-corrected chi connectivity index (χ3v) is 5.55. The van der Waals surface area contributed by atoms with Crippen molar-refractivity contribution in [2.45, 2.75) is 32.3 Å². The minimum absolute atomic E-state index is 0.194. The second-order valence-corrected chi connectivity index (χ2v) is 7.91. The largest absolute Gasteiger partial charge is 0.484 e. The van der Waals surface area contributed by atoms with Gasteiger partial charge >= 0.3 is 0 Å². The molecule has 162 valence electrons. The van der Waals surface area contributed by atoms with Crippen LogP contribution in [-0.4, -0.2) is 47.1 Å². The van der Waals surface area contributed by atoms with Crippen LogP contribution in [0.5, 0.6) is 5.75 Å². The number of aromatic nitrogens is 2. The molecule has 1 amide bonds. The molecule has 0 saturated carbocycles. The molecular weight excluding hydrogens is 392 g/mol. The molecule has 3 heterocycles. The van der Waals surface area contributed by atoms with Gasteiger partial charge in [0.05, 0.1) is 6.20 Å². The van der Waals surface area contributed by atoms with E-state index in [9.17, 15) is 4.79 Å². The highest BCUT2D eigenvalue weighted by molar-refractivity contribution is 5.92. The molecule has 1 unspecified atom stereocenters. The highest BCUT2D eigenvalue weighted by atomic mass is 16.5. The van der Waals surface area contributed by atoms with Crippen molar-refractivity contribution in [2.75, 3.05) is 26.2 Å². The van der Waals surface area contributed by atoms with Crippen LogP contribution in [0.3, 0.4) is 0 Å². The minimum atomic E-state index is -0.233. The number of carbonyl (C=O) groups excluding carboxylic acids is 1. The normalized spacial score (nSPS) is 16.7. The lowest BCUT2D eigenvalue weighted by Gasteiger charge is -2.33. The Hall–Kier alpha value is -3.19. The van der Waals surface area contributed by atoms with Gasteiger partial charge in [-0.3, -0.25) is 9.78 Å². The van der Waals surface area contributed by atoms with Crippen LogP contribution in [0.25, 0.3) is 0 Å². The topological polar surface area (TPSA) is 80.5 Å². The molecule has 7 nitrogen and oxygen atoms in total.